The molecule has 0 saturated heterocycles. The van der Waals surface area contributed by atoms with Crippen molar-refractivity contribution in [3.8, 4) is 0 Å². The van der Waals surface area contributed by atoms with Crippen molar-refractivity contribution >= 4 is 5.78 Å². The summed E-state index contributed by atoms with van der Waals surface area (Å²) in [4.78, 5) is 15.8. The number of alkyl halides is 3. The molecule has 0 bridgehead atoms. The summed E-state index contributed by atoms with van der Waals surface area (Å²) in [5, 5.41) is 0. The molecule has 0 spiro atoms. The smallest absolute Gasteiger partial charge is 0.294 e. The first-order valence-electron chi connectivity index (χ1n) is 6.59. The van der Waals surface area contributed by atoms with E-state index in [1.165, 1.54) is 24.3 Å². The van der Waals surface area contributed by atoms with Crippen molar-refractivity contribution in [1.29, 1.82) is 0 Å². The molecule has 0 radical (unpaired) electrons. The summed E-state index contributed by atoms with van der Waals surface area (Å²) >= 11 is 0. The first-order valence-corrected chi connectivity index (χ1v) is 6.59. The summed E-state index contributed by atoms with van der Waals surface area (Å²) in [7, 11) is 0. The van der Waals surface area contributed by atoms with Gasteiger partial charge in [0.25, 0.3) is 0 Å². The predicted octanol–water partition coefficient (Wildman–Crippen LogP) is 4.36. The number of benzene rings is 1. The van der Waals surface area contributed by atoms with Gasteiger partial charge in [0.1, 0.15) is 5.82 Å². The number of nitrogens with zero attached hydrogens (tertiary/aromatic N) is 1. The molecule has 0 atom stereocenters. The number of carbonyl (C=O) groups excluding carboxylic acids is 1. The number of hydrogen-bond acceptors (Lipinski definition) is 2. The highest BCUT2D eigenvalue weighted by Crippen LogP contribution is 2.28. The molecule has 22 heavy (non-hydrogen) atoms. The largest absolute Gasteiger partial charge is 0.417 e. The molecule has 0 aliphatic heterocycles. The summed E-state index contributed by atoms with van der Waals surface area (Å²) < 4.78 is 50.2. The van der Waals surface area contributed by atoms with Crippen molar-refractivity contribution in [2.24, 2.45) is 0 Å². The monoisotopic (exact) mass is 311 g/mol. The lowest BCUT2D eigenvalue weighted by Crippen LogP contribution is -2.07. The Bertz CT molecular complexity index is 678. The molecule has 2 rings (SSSR count). The molecule has 0 unspecified atom stereocenters. The Labute approximate surface area is 124 Å². The number of halogens is 4. The van der Waals surface area contributed by atoms with E-state index in [2.05, 4.69) is 4.98 Å². The SMILES string of the molecule is Cc1cc(F)ccc1C(=O)CCc1ccc(C(F)(F)F)cn1. The van der Waals surface area contributed by atoms with Crippen LogP contribution in [0.2, 0.25) is 0 Å². The van der Waals surface area contributed by atoms with E-state index in [1.807, 2.05) is 0 Å². The van der Waals surface area contributed by atoms with Crippen LogP contribution in [0.4, 0.5) is 17.6 Å². The minimum absolute atomic E-state index is 0.102. The van der Waals surface area contributed by atoms with Crippen LogP contribution in [0, 0.1) is 12.7 Å². The van der Waals surface area contributed by atoms with E-state index in [4.69, 9.17) is 0 Å². The molecule has 0 fully saturated rings. The lowest BCUT2D eigenvalue weighted by Gasteiger charge is -2.07. The lowest BCUT2D eigenvalue weighted by molar-refractivity contribution is -0.137. The van der Waals surface area contributed by atoms with E-state index in [9.17, 15) is 22.4 Å². The van der Waals surface area contributed by atoms with E-state index in [0.717, 1.165) is 12.3 Å². The molecule has 0 amide bonds. The fourth-order valence-corrected chi connectivity index (χ4v) is 2.06. The third-order valence-electron chi connectivity index (χ3n) is 3.25. The van der Waals surface area contributed by atoms with Crippen LogP contribution in [0.5, 0.6) is 0 Å². The van der Waals surface area contributed by atoms with Crippen LogP contribution in [-0.4, -0.2) is 10.8 Å². The number of carbonyl (C=O) groups is 1. The lowest BCUT2D eigenvalue weighted by atomic mass is 10.0. The minimum Gasteiger partial charge on any atom is -0.294 e. The van der Waals surface area contributed by atoms with Gasteiger partial charge in [-0.15, -0.1) is 0 Å². The maximum Gasteiger partial charge on any atom is 0.417 e. The maximum atomic E-state index is 13.0. The first kappa shape index (κ1) is 16.1. The number of hydrogen-bond donors (Lipinski definition) is 0. The third kappa shape index (κ3) is 3.90. The zero-order chi connectivity index (χ0) is 16.3. The van der Waals surface area contributed by atoms with Crippen molar-refractivity contribution < 1.29 is 22.4 Å². The molecule has 0 saturated carbocycles. The summed E-state index contributed by atoms with van der Waals surface area (Å²) in [5.41, 5.74) is 0.525. The second-order valence-corrected chi connectivity index (χ2v) is 4.92. The van der Waals surface area contributed by atoms with Crippen LogP contribution in [0.1, 0.15) is 33.6 Å². The summed E-state index contributed by atoms with van der Waals surface area (Å²) in [6.07, 6.45) is -3.34. The zero-order valence-corrected chi connectivity index (χ0v) is 11.7. The van der Waals surface area contributed by atoms with Gasteiger partial charge >= 0.3 is 6.18 Å². The number of pyridine rings is 1. The molecule has 2 nitrogen and oxygen atoms in total. The Hall–Kier alpha value is -2.24. The maximum absolute atomic E-state index is 13.0. The second kappa shape index (κ2) is 6.25. The molecule has 2 aromatic rings. The van der Waals surface area contributed by atoms with Gasteiger partial charge in [-0.3, -0.25) is 9.78 Å². The van der Waals surface area contributed by atoms with Crippen molar-refractivity contribution in [2.45, 2.75) is 25.9 Å². The van der Waals surface area contributed by atoms with Gasteiger partial charge in [-0.2, -0.15) is 13.2 Å². The standard InChI is InChI=1S/C16H13F4NO/c1-10-8-12(17)3-6-14(10)15(22)7-5-13-4-2-11(9-21-13)16(18,19)20/h2-4,6,8-9H,5,7H2,1H3. The van der Waals surface area contributed by atoms with Gasteiger partial charge < -0.3 is 0 Å². The average Bonchev–Trinajstić information content (AvgIpc) is 2.44. The van der Waals surface area contributed by atoms with E-state index in [-0.39, 0.29) is 18.6 Å². The van der Waals surface area contributed by atoms with Crippen LogP contribution in [0.25, 0.3) is 0 Å². The molecule has 1 aromatic carbocycles. The molecule has 0 aliphatic rings. The number of aromatic nitrogens is 1. The normalized spacial score (nSPS) is 11.5. The third-order valence-corrected chi connectivity index (χ3v) is 3.25. The van der Waals surface area contributed by atoms with Crippen molar-refractivity contribution in [3.63, 3.8) is 0 Å². The van der Waals surface area contributed by atoms with Crippen LogP contribution in [-0.2, 0) is 12.6 Å². The van der Waals surface area contributed by atoms with E-state index < -0.39 is 17.6 Å². The molecule has 0 aliphatic carbocycles. The summed E-state index contributed by atoms with van der Waals surface area (Å²) in [6, 6.07) is 6.08. The number of aryl methyl sites for hydroxylation is 2. The molecular formula is C16H13F4NO. The average molecular weight is 311 g/mol. The Kier molecular flexibility index (Phi) is 4.59. The van der Waals surface area contributed by atoms with Crippen molar-refractivity contribution in [3.05, 3.63) is 64.7 Å². The quantitative estimate of drug-likeness (QED) is 0.620. The Morgan fingerprint density at radius 2 is 1.91 bits per heavy atom. The highest BCUT2D eigenvalue weighted by Gasteiger charge is 2.30. The highest BCUT2D eigenvalue weighted by atomic mass is 19.4. The molecule has 1 heterocycles. The summed E-state index contributed by atoms with van der Waals surface area (Å²) in [5.74, 6) is -0.613. The van der Waals surface area contributed by atoms with Gasteiger partial charge in [-0.05, 0) is 49.2 Å². The van der Waals surface area contributed by atoms with E-state index in [0.29, 0.717) is 16.8 Å². The fourth-order valence-electron chi connectivity index (χ4n) is 2.06. The van der Waals surface area contributed by atoms with E-state index in [1.54, 1.807) is 6.92 Å². The molecule has 0 N–H and O–H groups in total. The van der Waals surface area contributed by atoms with Gasteiger partial charge in [0, 0.05) is 23.9 Å². The van der Waals surface area contributed by atoms with Gasteiger partial charge in [-0.25, -0.2) is 4.39 Å². The Morgan fingerprint density at radius 3 is 2.45 bits per heavy atom. The molecule has 1 aromatic heterocycles. The molecule has 116 valence electrons. The molecular weight excluding hydrogens is 298 g/mol. The van der Waals surface area contributed by atoms with Gasteiger partial charge in [0.2, 0.25) is 0 Å². The first-order chi connectivity index (χ1) is 10.3. The highest BCUT2D eigenvalue weighted by molar-refractivity contribution is 5.97. The Balaban J connectivity index is 2.02. The van der Waals surface area contributed by atoms with Gasteiger partial charge in [0.15, 0.2) is 5.78 Å². The molecule has 6 heteroatoms. The van der Waals surface area contributed by atoms with Gasteiger partial charge in [-0.1, -0.05) is 0 Å². The number of rotatable bonds is 4. The number of ketones is 1. The topological polar surface area (TPSA) is 30.0 Å². The predicted molar refractivity (Wildman–Crippen MR) is 73.0 cm³/mol. The van der Waals surface area contributed by atoms with Crippen molar-refractivity contribution in [1.82, 2.24) is 4.98 Å². The van der Waals surface area contributed by atoms with Crippen LogP contribution in [0.3, 0.4) is 0 Å². The summed E-state index contributed by atoms with van der Waals surface area (Å²) in [6.45, 7) is 1.63. The van der Waals surface area contributed by atoms with Crippen LogP contribution < -0.4 is 0 Å². The van der Waals surface area contributed by atoms with Crippen molar-refractivity contribution in [2.75, 3.05) is 0 Å². The van der Waals surface area contributed by atoms with Crippen LogP contribution >= 0.6 is 0 Å². The Morgan fingerprint density at radius 1 is 1.18 bits per heavy atom. The van der Waals surface area contributed by atoms with Crippen LogP contribution in [0.15, 0.2) is 36.5 Å². The minimum atomic E-state index is -4.42. The van der Waals surface area contributed by atoms with Gasteiger partial charge in [0.05, 0.1) is 5.56 Å². The zero-order valence-electron chi connectivity index (χ0n) is 11.7. The van der Waals surface area contributed by atoms with E-state index >= 15 is 0 Å². The number of Topliss-reactive ketones (excluding diaryl/α,β-unsaturated/α-hetero) is 1. The fraction of sp³-hybridized carbons (Fsp3) is 0.250. The second-order valence-electron chi connectivity index (χ2n) is 4.92.